The minimum atomic E-state index is -0.402. The highest BCUT2D eigenvalue weighted by Crippen LogP contribution is 2.09. The molecule has 25 heavy (non-hydrogen) atoms. The molecule has 3 nitrogen and oxygen atoms in total. The fraction of sp³-hybridized carbons (Fsp3) is 0.364. The Morgan fingerprint density at radius 3 is 1.40 bits per heavy atom. The second kappa shape index (κ2) is 11.2. The van der Waals surface area contributed by atoms with Gasteiger partial charge in [-0.1, -0.05) is 60.7 Å². The molecule has 0 bridgehead atoms. The Hall–Kier alpha value is -2.42. The molecule has 2 aromatic carbocycles. The summed E-state index contributed by atoms with van der Waals surface area (Å²) in [4.78, 5) is 23.4. The molecule has 0 aliphatic heterocycles. The molecule has 0 spiro atoms. The lowest BCUT2D eigenvalue weighted by molar-refractivity contribution is -0.159. The SMILES string of the molecule is O=C(CCCCc1ccccc1)OC(=O)CCCCc1ccccc1. The summed E-state index contributed by atoms with van der Waals surface area (Å²) in [5.74, 6) is -0.803. The third-order valence-electron chi connectivity index (χ3n) is 4.11. The van der Waals surface area contributed by atoms with Gasteiger partial charge in [0.25, 0.3) is 0 Å². The van der Waals surface area contributed by atoms with Crippen LogP contribution in [-0.2, 0) is 27.2 Å². The van der Waals surface area contributed by atoms with Crippen molar-refractivity contribution in [3.63, 3.8) is 0 Å². The second-order valence-electron chi connectivity index (χ2n) is 6.23. The Bertz CT molecular complexity index is 577. The van der Waals surface area contributed by atoms with E-state index in [9.17, 15) is 9.59 Å². The van der Waals surface area contributed by atoms with Crippen LogP contribution >= 0.6 is 0 Å². The third kappa shape index (κ3) is 8.30. The first kappa shape index (κ1) is 18.9. The van der Waals surface area contributed by atoms with E-state index in [1.54, 1.807) is 0 Å². The summed E-state index contributed by atoms with van der Waals surface area (Å²) in [5.41, 5.74) is 2.54. The Morgan fingerprint density at radius 2 is 1.00 bits per heavy atom. The van der Waals surface area contributed by atoms with E-state index in [1.807, 2.05) is 36.4 Å². The molecule has 132 valence electrons. The Labute approximate surface area is 150 Å². The minimum Gasteiger partial charge on any atom is -0.393 e. The van der Waals surface area contributed by atoms with Gasteiger partial charge in [-0.3, -0.25) is 9.59 Å². The molecule has 0 saturated heterocycles. The van der Waals surface area contributed by atoms with E-state index in [2.05, 4.69) is 24.3 Å². The summed E-state index contributed by atoms with van der Waals surface area (Å²) >= 11 is 0. The minimum absolute atomic E-state index is 0.308. The monoisotopic (exact) mass is 338 g/mol. The van der Waals surface area contributed by atoms with Gasteiger partial charge in [-0.25, -0.2) is 0 Å². The van der Waals surface area contributed by atoms with Crippen LogP contribution in [-0.4, -0.2) is 11.9 Å². The Balaban J connectivity index is 1.50. The second-order valence-corrected chi connectivity index (χ2v) is 6.23. The number of hydrogen-bond acceptors (Lipinski definition) is 3. The van der Waals surface area contributed by atoms with Gasteiger partial charge in [0.15, 0.2) is 0 Å². The fourth-order valence-corrected chi connectivity index (χ4v) is 2.72. The lowest BCUT2D eigenvalue weighted by atomic mass is 10.1. The van der Waals surface area contributed by atoms with Crippen molar-refractivity contribution in [1.82, 2.24) is 0 Å². The largest absolute Gasteiger partial charge is 0.393 e. The first-order valence-corrected chi connectivity index (χ1v) is 9.05. The zero-order valence-electron chi connectivity index (χ0n) is 14.7. The average molecular weight is 338 g/mol. The van der Waals surface area contributed by atoms with Crippen LogP contribution in [0.5, 0.6) is 0 Å². The summed E-state index contributed by atoms with van der Waals surface area (Å²) in [5, 5.41) is 0. The zero-order chi connectivity index (χ0) is 17.7. The zero-order valence-corrected chi connectivity index (χ0v) is 14.7. The molecule has 0 radical (unpaired) electrons. The highest BCUT2D eigenvalue weighted by Gasteiger charge is 2.10. The van der Waals surface area contributed by atoms with Gasteiger partial charge in [0, 0.05) is 12.8 Å². The van der Waals surface area contributed by atoms with Crippen LogP contribution in [0.4, 0.5) is 0 Å². The predicted molar refractivity (Wildman–Crippen MR) is 99.1 cm³/mol. The molecule has 0 unspecified atom stereocenters. The van der Waals surface area contributed by atoms with E-state index in [1.165, 1.54) is 11.1 Å². The molecule has 0 aliphatic rings. The standard InChI is InChI=1S/C22H26O3/c23-21(17-9-7-15-19-11-3-1-4-12-19)25-22(24)18-10-8-16-20-13-5-2-6-14-20/h1-6,11-14H,7-10,15-18H2. The van der Waals surface area contributed by atoms with Gasteiger partial charge in [-0.15, -0.1) is 0 Å². The predicted octanol–water partition coefficient (Wildman–Crippen LogP) is 4.88. The topological polar surface area (TPSA) is 43.4 Å². The van der Waals surface area contributed by atoms with Crippen LogP contribution in [0.25, 0.3) is 0 Å². The number of carbonyl (C=O) groups is 2. The quantitative estimate of drug-likeness (QED) is 0.352. The van der Waals surface area contributed by atoms with Crippen LogP contribution in [0.1, 0.15) is 49.7 Å². The van der Waals surface area contributed by atoms with Crippen molar-refractivity contribution in [2.75, 3.05) is 0 Å². The maximum absolute atomic E-state index is 11.7. The van der Waals surface area contributed by atoms with Gasteiger partial charge in [-0.2, -0.15) is 0 Å². The molecule has 0 heterocycles. The van der Waals surface area contributed by atoms with Crippen molar-refractivity contribution < 1.29 is 14.3 Å². The van der Waals surface area contributed by atoms with E-state index in [-0.39, 0.29) is 0 Å². The number of rotatable bonds is 10. The van der Waals surface area contributed by atoms with E-state index >= 15 is 0 Å². The number of hydrogen-bond donors (Lipinski definition) is 0. The van der Waals surface area contributed by atoms with Gasteiger partial charge in [0.05, 0.1) is 0 Å². The number of carbonyl (C=O) groups excluding carboxylic acids is 2. The maximum atomic E-state index is 11.7. The number of unbranched alkanes of at least 4 members (excludes halogenated alkanes) is 2. The number of ether oxygens (including phenoxy) is 1. The summed E-state index contributed by atoms with van der Waals surface area (Å²) < 4.78 is 4.88. The summed E-state index contributed by atoms with van der Waals surface area (Å²) in [6.07, 6.45) is 5.84. The molecule has 3 heteroatoms. The average Bonchev–Trinajstić information content (AvgIpc) is 2.64. The van der Waals surface area contributed by atoms with Crippen LogP contribution in [0.2, 0.25) is 0 Å². The van der Waals surface area contributed by atoms with Crippen molar-refractivity contribution in [3.05, 3.63) is 71.8 Å². The smallest absolute Gasteiger partial charge is 0.313 e. The molecule has 0 fully saturated rings. The fourth-order valence-electron chi connectivity index (χ4n) is 2.72. The van der Waals surface area contributed by atoms with E-state index in [0.29, 0.717) is 12.8 Å². The molecule has 0 amide bonds. The van der Waals surface area contributed by atoms with Crippen LogP contribution in [0.3, 0.4) is 0 Å². The van der Waals surface area contributed by atoms with Gasteiger partial charge in [0.1, 0.15) is 0 Å². The highest BCUT2D eigenvalue weighted by molar-refractivity contribution is 5.85. The van der Waals surface area contributed by atoms with Crippen LogP contribution in [0.15, 0.2) is 60.7 Å². The molecular weight excluding hydrogens is 312 g/mol. The van der Waals surface area contributed by atoms with Crippen LogP contribution in [0, 0.1) is 0 Å². The Morgan fingerprint density at radius 1 is 0.600 bits per heavy atom. The summed E-state index contributed by atoms with van der Waals surface area (Å²) in [7, 11) is 0. The summed E-state index contributed by atoms with van der Waals surface area (Å²) in [6, 6.07) is 20.4. The van der Waals surface area contributed by atoms with Crippen molar-refractivity contribution >= 4 is 11.9 Å². The summed E-state index contributed by atoms with van der Waals surface area (Å²) in [6.45, 7) is 0. The molecule has 0 aromatic heterocycles. The molecule has 0 saturated carbocycles. The van der Waals surface area contributed by atoms with Crippen molar-refractivity contribution in [1.29, 1.82) is 0 Å². The van der Waals surface area contributed by atoms with E-state index in [4.69, 9.17) is 4.74 Å². The van der Waals surface area contributed by atoms with Gasteiger partial charge in [0.2, 0.25) is 0 Å². The third-order valence-corrected chi connectivity index (χ3v) is 4.11. The molecule has 0 atom stereocenters. The number of aryl methyl sites for hydroxylation is 2. The van der Waals surface area contributed by atoms with E-state index < -0.39 is 11.9 Å². The van der Waals surface area contributed by atoms with Crippen molar-refractivity contribution in [3.8, 4) is 0 Å². The molecule has 2 aromatic rings. The van der Waals surface area contributed by atoms with Crippen LogP contribution < -0.4 is 0 Å². The Kier molecular flexibility index (Phi) is 8.46. The first-order valence-electron chi connectivity index (χ1n) is 9.05. The number of benzene rings is 2. The van der Waals surface area contributed by atoms with E-state index in [0.717, 1.165) is 38.5 Å². The van der Waals surface area contributed by atoms with Crippen molar-refractivity contribution in [2.24, 2.45) is 0 Å². The molecule has 2 rings (SSSR count). The highest BCUT2D eigenvalue weighted by atomic mass is 16.6. The normalized spacial score (nSPS) is 10.4. The van der Waals surface area contributed by atoms with Gasteiger partial charge in [-0.05, 0) is 49.7 Å². The van der Waals surface area contributed by atoms with Gasteiger partial charge < -0.3 is 4.74 Å². The maximum Gasteiger partial charge on any atom is 0.313 e. The molecule has 0 aliphatic carbocycles. The first-order chi connectivity index (χ1) is 12.2. The lowest BCUT2D eigenvalue weighted by Crippen LogP contribution is -2.12. The van der Waals surface area contributed by atoms with Gasteiger partial charge >= 0.3 is 11.9 Å². The lowest BCUT2D eigenvalue weighted by Gasteiger charge is -2.04. The molecular formula is C22H26O3. The number of esters is 2. The van der Waals surface area contributed by atoms with Crippen molar-refractivity contribution in [2.45, 2.75) is 51.4 Å². The molecule has 0 N–H and O–H groups in total.